The fourth-order valence-corrected chi connectivity index (χ4v) is 1.82. The van der Waals surface area contributed by atoms with Gasteiger partial charge in [-0.15, -0.1) is 0 Å². The van der Waals surface area contributed by atoms with E-state index in [2.05, 4.69) is 15.0 Å². The number of nitrogens with one attached hydrogen (secondary N) is 1. The number of alkyl halides is 3. The van der Waals surface area contributed by atoms with Gasteiger partial charge in [0.1, 0.15) is 6.33 Å². The molecule has 0 amide bonds. The Kier molecular flexibility index (Phi) is 2.60. The number of H-pyrrole nitrogens is 1. The molecule has 20 heavy (non-hydrogen) atoms. The van der Waals surface area contributed by atoms with Crippen LogP contribution < -0.4 is 5.56 Å². The molecule has 0 saturated heterocycles. The van der Waals surface area contributed by atoms with Gasteiger partial charge in [0.25, 0.3) is 5.56 Å². The molecule has 0 saturated carbocycles. The second-order valence-electron chi connectivity index (χ2n) is 4.07. The van der Waals surface area contributed by atoms with Gasteiger partial charge in [0.05, 0.1) is 17.6 Å². The number of benzene rings is 1. The summed E-state index contributed by atoms with van der Waals surface area (Å²) < 4.78 is 38.6. The van der Waals surface area contributed by atoms with Crippen molar-refractivity contribution in [2.24, 2.45) is 0 Å². The van der Waals surface area contributed by atoms with Crippen LogP contribution in [-0.2, 0) is 6.18 Å². The molecule has 0 aliphatic heterocycles. The number of aromatic amines is 1. The summed E-state index contributed by atoms with van der Waals surface area (Å²) in [7, 11) is 0. The molecule has 0 aliphatic carbocycles. The highest BCUT2D eigenvalue weighted by atomic mass is 19.4. The van der Waals surface area contributed by atoms with Crippen molar-refractivity contribution >= 4 is 11.2 Å². The molecule has 3 rings (SSSR count). The molecular weight excluding hydrogens is 273 g/mol. The quantitative estimate of drug-likeness (QED) is 0.742. The minimum atomic E-state index is -4.41. The molecule has 3 aromatic rings. The number of hydrogen-bond donors (Lipinski definition) is 1. The molecule has 8 heteroatoms. The van der Waals surface area contributed by atoms with Crippen LogP contribution in [-0.4, -0.2) is 19.5 Å². The Morgan fingerprint density at radius 1 is 1.10 bits per heavy atom. The van der Waals surface area contributed by atoms with Crippen molar-refractivity contribution in [2.75, 3.05) is 0 Å². The number of hydrogen-bond acceptors (Lipinski definition) is 3. The van der Waals surface area contributed by atoms with Crippen molar-refractivity contribution in [1.82, 2.24) is 19.5 Å². The molecule has 0 bridgehead atoms. The molecule has 5 nitrogen and oxygen atoms in total. The minimum Gasteiger partial charge on any atom is -0.339 e. The Labute approximate surface area is 109 Å². The van der Waals surface area contributed by atoms with Crippen molar-refractivity contribution < 1.29 is 13.2 Å². The predicted molar refractivity (Wildman–Crippen MR) is 64.5 cm³/mol. The van der Waals surface area contributed by atoms with Crippen molar-refractivity contribution in [3.05, 3.63) is 52.8 Å². The van der Waals surface area contributed by atoms with Crippen LogP contribution in [0, 0.1) is 0 Å². The summed E-state index contributed by atoms with van der Waals surface area (Å²) in [6.07, 6.45) is -1.85. The van der Waals surface area contributed by atoms with E-state index >= 15 is 0 Å². The second-order valence-corrected chi connectivity index (χ2v) is 4.07. The van der Waals surface area contributed by atoms with Gasteiger partial charge in [-0.2, -0.15) is 13.2 Å². The molecule has 1 aromatic carbocycles. The van der Waals surface area contributed by atoms with Gasteiger partial charge in [0.2, 0.25) is 0 Å². The van der Waals surface area contributed by atoms with Crippen LogP contribution >= 0.6 is 0 Å². The lowest BCUT2D eigenvalue weighted by Crippen LogP contribution is -2.19. The van der Waals surface area contributed by atoms with E-state index < -0.39 is 17.3 Å². The smallest absolute Gasteiger partial charge is 0.339 e. The highest BCUT2D eigenvalue weighted by molar-refractivity contribution is 5.68. The summed E-state index contributed by atoms with van der Waals surface area (Å²) in [5, 5.41) is 0. The summed E-state index contributed by atoms with van der Waals surface area (Å²) >= 11 is 0. The molecule has 1 N–H and O–H groups in total. The zero-order valence-electron chi connectivity index (χ0n) is 9.85. The maximum Gasteiger partial charge on any atom is 0.416 e. The first-order valence-corrected chi connectivity index (χ1v) is 5.55. The SMILES string of the molecule is O=c1c2[nH]cnc2ncn1-c1ccc(C(F)(F)F)cc1. The molecule has 0 spiro atoms. The molecule has 0 fully saturated rings. The average Bonchev–Trinajstić information content (AvgIpc) is 2.88. The summed E-state index contributed by atoms with van der Waals surface area (Å²) in [4.78, 5) is 22.5. The van der Waals surface area contributed by atoms with Gasteiger partial charge in [-0.25, -0.2) is 9.97 Å². The molecule has 2 heterocycles. The summed E-state index contributed by atoms with van der Waals surface area (Å²) in [5.41, 5.74) is -0.435. The topological polar surface area (TPSA) is 63.6 Å². The highest BCUT2D eigenvalue weighted by Crippen LogP contribution is 2.29. The van der Waals surface area contributed by atoms with Crippen LogP contribution in [0.3, 0.4) is 0 Å². The third-order valence-corrected chi connectivity index (χ3v) is 2.82. The van der Waals surface area contributed by atoms with Crippen LogP contribution in [0.15, 0.2) is 41.7 Å². The Hall–Kier alpha value is -2.64. The molecule has 0 atom stereocenters. The van der Waals surface area contributed by atoms with Crippen LogP contribution in [0.4, 0.5) is 13.2 Å². The van der Waals surface area contributed by atoms with E-state index in [0.29, 0.717) is 5.69 Å². The summed E-state index contributed by atoms with van der Waals surface area (Å²) in [5.74, 6) is 0. The molecule has 0 unspecified atom stereocenters. The Bertz CT molecular complexity index is 817. The highest BCUT2D eigenvalue weighted by Gasteiger charge is 2.30. The Morgan fingerprint density at radius 3 is 2.45 bits per heavy atom. The molecule has 2 aromatic heterocycles. The Balaban J connectivity index is 2.11. The van der Waals surface area contributed by atoms with Gasteiger partial charge < -0.3 is 4.98 Å². The largest absolute Gasteiger partial charge is 0.416 e. The van der Waals surface area contributed by atoms with E-state index in [1.807, 2.05) is 0 Å². The van der Waals surface area contributed by atoms with Gasteiger partial charge in [-0.3, -0.25) is 9.36 Å². The van der Waals surface area contributed by atoms with Crippen LogP contribution in [0.25, 0.3) is 16.9 Å². The first kappa shape index (κ1) is 12.4. The van der Waals surface area contributed by atoms with Gasteiger partial charge in [0, 0.05) is 0 Å². The van der Waals surface area contributed by atoms with E-state index in [0.717, 1.165) is 16.7 Å². The summed E-state index contributed by atoms with van der Waals surface area (Å²) in [6.45, 7) is 0. The van der Waals surface area contributed by atoms with Crippen molar-refractivity contribution in [1.29, 1.82) is 0 Å². The van der Waals surface area contributed by atoms with Crippen LogP contribution in [0.5, 0.6) is 0 Å². The van der Waals surface area contributed by atoms with Crippen molar-refractivity contribution in [3.63, 3.8) is 0 Å². The average molecular weight is 280 g/mol. The first-order valence-electron chi connectivity index (χ1n) is 5.55. The molecular formula is C12H7F3N4O. The maximum absolute atomic E-state index is 12.5. The number of fused-ring (bicyclic) bond motifs is 1. The molecule has 0 radical (unpaired) electrons. The normalized spacial score (nSPS) is 11.9. The van der Waals surface area contributed by atoms with Gasteiger partial charge in [-0.05, 0) is 24.3 Å². The fourth-order valence-electron chi connectivity index (χ4n) is 1.82. The molecule has 0 aliphatic rings. The zero-order chi connectivity index (χ0) is 14.3. The van der Waals surface area contributed by atoms with Crippen molar-refractivity contribution in [2.45, 2.75) is 6.18 Å². The van der Waals surface area contributed by atoms with Gasteiger partial charge >= 0.3 is 6.18 Å². The number of rotatable bonds is 1. The van der Waals surface area contributed by atoms with E-state index in [1.54, 1.807) is 0 Å². The lowest BCUT2D eigenvalue weighted by molar-refractivity contribution is -0.137. The third kappa shape index (κ3) is 1.94. The fraction of sp³-hybridized carbons (Fsp3) is 0.0833. The number of halogens is 3. The van der Waals surface area contributed by atoms with E-state index in [1.165, 1.54) is 24.8 Å². The van der Waals surface area contributed by atoms with Crippen LogP contribution in [0.2, 0.25) is 0 Å². The minimum absolute atomic E-state index is 0.201. The molecule has 102 valence electrons. The predicted octanol–water partition coefficient (Wildman–Crippen LogP) is 2.13. The van der Waals surface area contributed by atoms with Crippen LogP contribution in [0.1, 0.15) is 5.56 Å². The number of nitrogens with zero attached hydrogens (tertiary/aromatic N) is 3. The maximum atomic E-state index is 12.5. The lowest BCUT2D eigenvalue weighted by Gasteiger charge is -2.08. The third-order valence-electron chi connectivity index (χ3n) is 2.82. The Morgan fingerprint density at radius 2 is 1.80 bits per heavy atom. The van der Waals surface area contributed by atoms with E-state index in [4.69, 9.17) is 0 Å². The standard InChI is InChI=1S/C12H7F3N4O/c13-12(14,15)7-1-3-8(4-2-7)19-6-18-10-9(11(19)20)16-5-17-10/h1-6H,(H,16,17). The van der Waals surface area contributed by atoms with Crippen molar-refractivity contribution in [3.8, 4) is 5.69 Å². The van der Waals surface area contributed by atoms with E-state index in [9.17, 15) is 18.0 Å². The number of imidazole rings is 1. The van der Waals surface area contributed by atoms with E-state index in [-0.39, 0.29) is 11.2 Å². The second kappa shape index (κ2) is 4.19. The number of aromatic nitrogens is 4. The monoisotopic (exact) mass is 280 g/mol. The first-order chi connectivity index (χ1) is 9.47. The summed E-state index contributed by atoms with van der Waals surface area (Å²) in [6, 6.07) is 4.26. The van der Waals surface area contributed by atoms with Gasteiger partial charge in [-0.1, -0.05) is 0 Å². The van der Waals surface area contributed by atoms with Gasteiger partial charge in [0.15, 0.2) is 11.2 Å². The zero-order valence-corrected chi connectivity index (χ0v) is 9.85. The lowest BCUT2D eigenvalue weighted by atomic mass is 10.2.